The molecule has 1 aromatic rings. The SMILES string of the molecule is Cc1ccc(NN2C(=O)C3CCCCC3C2=O)cc1. The zero-order chi connectivity index (χ0) is 13.4. The molecule has 1 saturated heterocycles. The Bertz CT molecular complexity index is 485. The van der Waals surface area contributed by atoms with E-state index < -0.39 is 0 Å². The number of rotatable bonds is 2. The van der Waals surface area contributed by atoms with Gasteiger partial charge >= 0.3 is 0 Å². The van der Waals surface area contributed by atoms with Crippen LogP contribution in [0, 0.1) is 18.8 Å². The van der Waals surface area contributed by atoms with Gasteiger partial charge in [-0.1, -0.05) is 30.5 Å². The summed E-state index contributed by atoms with van der Waals surface area (Å²) in [6.45, 7) is 2.00. The van der Waals surface area contributed by atoms with Crippen LogP contribution in [0.15, 0.2) is 24.3 Å². The fourth-order valence-electron chi connectivity index (χ4n) is 3.03. The van der Waals surface area contributed by atoms with Gasteiger partial charge in [-0.3, -0.25) is 15.0 Å². The summed E-state index contributed by atoms with van der Waals surface area (Å²) in [4.78, 5) is 24.5. The molecule has 4 nitrogen and oxygen atoms in total. The normalized spacial score (nSPS) is 26.5. The van der Waals surface area contributed by atoms with Gasteiger partial charge in [0.1, 0.15) is 0 Å². The number of carbonyl (C=O) groups excluding carboxylic acids is 2. The first-order valence-corrected chi connectivity index (χ1v) is 6.88. The van der Waals surface area contributed by atoms with Crippen LogP contribution < -0.4 is 5.43 Å². The van der Waals surface area contributed by atoms with E-state index in [1.165, 1.54) is 5.01 Å². The Kier molecular flexibility index (Phi) is 3.01. The largest absolute Gasteiger partial charge is 0.289 e. The predicted octanol–water partition coefficient (Wildman–Crippen LogP) is 2.50. The van der Waals surface area contributed by atoms with Crippen molar-refractivity contribution in [2.24, 2.45) is 11.8 Å². The van der Waals surface area contributed by atoms with Crippen LogP contribution in [0.2, 0.25) is 0 Å². The van der Waals surface area contributed by atoms with Crippen LogP contribution in [0.25, 0.3) is 0 Å². The number of fused-ring (bicyclic) bond motifs is 1. The Labute approximate surface area is 112 Å². The number of benzene rings is 1. The third-order valence-electron chi connectivity index (χ3n) is 4.13. The van der Waals surface area contributed by atoms with Crippen molar-refractivity contribution in [3.63, 3.8) is 0 Å². The molecule has 1 aromatic carbocycles. The lowest BCUT2D eigenvalue weighted by molar-refractivity contribution is -0.138. The van der Waals surface area contributed by atoms with E-state index >= 15 is 0 Å². The maximum Gasteiger partial charge on any atom is 0.252 e. The van der Waals surface area contributed by atoms with Gasteiger partial charge in [-0.25, -0.2) is 0 Å². The highest BCUT2D eigenvalue weighted by molar-refractivity contribution is 6.06. The van der Waals surface area contributed by atoms with Gasteiger partial charge in [0.05, 0.1) is 17.5 Å². The van der Waals surface area contributed by atoms with Gasteiger partial charge in [-0.15, -0.1) is 0 Å². The van der Waals surface area contributed by atoms with E-state index in [2.05, 4.69) is 5.43 Å². The summed E-state index contributed by atoms with van der Waals surface area (Å²) in [5.41, 5.74) is 4.89. The van der Waals surface area contributed by atoms with Gasteiger partial charge < -0.3 is 0 Å². The summed E-state index contributed by atoms with van der Waals surface area (Å²) in [5, 5.41) is 1.23. The lowest BCUT2D eigenvalue weighted by Crippen LogP contribution is -2.36. The predicted molar refractivity (Wildman–Crippen MR) is 72.1 cm³/mol. The Balaban J connectivity index is 1.79. The molecular weight excluding hydrogens is 240 g/mol. The number of carbonyl (C=O) groups is 2. The second-order valence-electron chi connectivity index (χ2n) is 5.49. The van der Waals surface area contributed by atoms with Crippen molar-refractivity contribution in [3.05, 3.63) is 29.8 Å². The topological polar surface area (TPSA) is 49.4 Å². The molecule has 2 unspecified atom stereocenters. The van der Waals surface area contributed by atoms with Crippen molar-refractivity contribution in [3.8, 4) is 0 Å². The molecule has 2 amide bonds. The highest BCUT2D eigenvalue weighted by atomic mass is 16.2. The molecule has 1 heterocycles. The second-order valence-corrected chi connectivity index (χ2v) is 5.49. The van der Waals surface area contributed by atoms with Crippen molar-refractivity contribution in [2.75, 3.05) is 5.43 Å². The van der Waals surface area contributed by atoms with E-state index in [0.29, 0.717) is 0 Å². The number of amides is 2. The number of hydrogen-bond donors (Lipinski definition) is 1. The van der Waals surface area contributed by atoms with Crippen LogP contribution in [-0.2, 0) is 9.59 Å². The minimum absolute atomic E-state index is 0.0599. The van der Waals surface area contributed by atoms with E-state index in [1.54, 1.807) is 0 Å². The van der Waals surface area contributed by atoms with E-state index in [-0.39, 0.29) is 23.7 Å². The molecule has 4 heteroatoms. The van der Waals surface area contributed by atoms with Gasteiger partial charge in [0.25, 0.3) is 11.8 Å². The maximum atomic E-state index is 12.3. The summed E-state index contributed by atoms with van der Waals surface area (Å²) < 4.78 is 0. The average molecular weight is 258 g/mol. The lowest BCUT2D eigenvalue weighted by Gasteiger charge is -2.19. The number of anilines is 1. The van der Waals surface area contributed by atoms with E-state index in [9.17, 15) is 9.59 Å². The summed E-state index contributed by atoms with van der Waals surface area (Å²) >= 11 is 0. The quantitative estimate of drug-likeness (QED) is 0.829. The van der Waals surface area contributed by atoms with Crippen LogP contribution in [0.5, 0.6) is 0 Å². The Morgan fingerprint density at radius 1 is 1.00 bits per heavy atom. The zero-order valence-electron chi connectivity index (χ0n) is 11.1. The van der Waals surface area contributed by atoms with Gasteiger partial charge in [0, 0.05) is 0 Å². The molecule has 1 aliphatic heterocycles. The molecule has 1 saturated carbocycles. The zero-order valence-corrected chi connectivity index (χ0v) is 11.1. The molecule has 2 aliphatic rings. The molecule has 2 fully saturated rings. The molecule has 0 radical (unpaired) electrons. The summed E-state index contributed by atoms with van der Waals surface area (Å²) in [6, 6.07) is 7.69. The number of aryl methyl sites for hydroxylation is 1. The first-order chi connectivity index (χ1) is 9.16. The highest BCUT2D eigenvalue weighted by Gasteiger charge is 2.48. The van der Waals surface area contributed by atoms with Gasteiger partial charge in [-0.05, 0) is 31.9 Å². The van der Waals surface area contributed by atoms with Crippen molar-refractivity contribution in [2.45, 2.75) is 32.6 Å². The highest BCUT2D eigenvalue weighted by Crippen LogP contribution is 2.37. The fraction of sp³-hybridized carbons (Fsp3) is 0.467. The fourth-order valence-corrected chi connectivity index (χ4v) is 3.03. The van der Waals surface area contributed by atoms with Gasteiger partial charge in [-0.2, -0.15) is 5.01 Å². The molecule has 3 rings (SSSR count). The van der Waals surface area contributed by atoms with Crippen molar-refractivity contribution in [1.82, 2.24) is 5.01 Å². The Hall–Kier alpha value is -1.84. The number of hydrogen-bond acceptors (Lipinski definition) is 3. The Morgan fingerprint density at radius 2 is 1.53 bits per heavy atom. The molecule has 1 N–H and O–H groups in total. The summed E-state index contributed by atoms with van der Waals surface area (Å²) in [6.07, 6.45) is 3.81. The molecule has 0 aromatic heterocycles. The minimum Gasteiger partial charge on any atom is -0.289 e. The minimum atomic E-state index is -0.0980. The van der Waals surface area contributed by atoms with Crippen LogP contribution >= 0.6 is 0 Å². The van der Waals surface area contributed by atoms with Gasteiger partial charge in [0.2, 0.25) is 0 Å². The average Bonchev–Trinajstić information content (AvgIpc) is 2.67. The van der Waals surface area contributed by atoms with Crippen molar-refractivity contribution < 1.29 is 9.59 Å². The number of imide groups is 1. The maximum absolute atomic E-state index is 12.3. The van der Waals surface area contributed by atoms with E-state index in [0.717, 1.165) is 36.9 Å². The molecule has 100 valence electrons. The summed E-state index contributed by atoms with van der Waals surface area (Å²) in [5.74, 6) is -0.316. The first-order valence-electron chi connectivity index (χ1n) is 6.88. The van der Waals surface area contributed by atoms with Crippen molar-refractivity contribution in [1.29, 1.82) is 0 Å². The van der Waals surface area contributed by atoms with Crippen molar-refractivity contribution >= 4 is 17.5 Å². The molecule has 2 atom stereocenters. The van der Waals surface area contributed by atoms with Gasteiger partial charge in [0.15, 0.2) is 0 Å². The molecule has 19 heavy (non-hydrogen) atoms. The third kappa shape index (κ3) is 2.11. The lowest BCUT2D eigenvalue weighted by atomic mass is 9.81. The van der Waals surface area contributed by atoms with Crippen LogP contribution in [0.1, 0.15) is 31.2 Å². The number of nitrogens with zero attached hydrogens (tertiary/aromatic N) is 1. The monoisotopic (exact) mass is 258 g/mol. The number of nitrogens with one attached hydrogen (secondary N) is 1. The second kappa shape index (κ2) is 4.68. The van der Waals surface area contributed by atoms with E-state index in [1.807, 2.05) is 31.2 Å². The van der Waals surface area contributed by atoms with Crippen LogP contribution in [-0.4, -0.2) is 16.8 Å². The molecule has 0 bridgehead atoms. The smallest absolute Gasteiger partial charge is 0.252 e. The molecule has 1 aliphatic carbocycles. The van der Waals surface area contributed by atoms with E-state index in [4.69, 9.17) is 0 Å². The molecule has 0 spiro atoms. The molecular formula is C15H18N2O2. The number of hydrazine groups is 1. The standard InChI is InChI=1S/C15H18N2O2/c1-10-6-8-11(9-7-10)16-17-14(18)12-4-2-3-5-13(12)15(17)19/h6-9,12-13,16H,2-5H2,1H3. The summed E-state index contributed by atoms with van der Waals surface area (Å²) in [7, 11) is 0. The first kappa shape index (κ1) is 12.2. The van der Waals surface area contributed by atoms with Crippen LogP contribution in [0.3, 0.4) is 0 Å². The van der Waals surface area contributed by atoms with Crippen LogP contribution in [0.4, 0.5) is 5.69 Å². The Morgan fingerprint density at radius 3 is 2.05 bits per heavy atom. The third-order valence-corrected chi connectivity index (χ3v) is 4.13.